The zero-order valence-electron chi connectivity index (χ0n) is 12.6. The lowest BCUT2D eigenvalue weighted by molar-refractivity contribution is 0.402. The van der Waals surface area contributed by atoms with Gasteiger partial charge in [-0.05, 0) is 42.8 Å². The minimum Gasteiger partial charge on any atom is -0.495 e. The Morgan fingerprint density at radius 1 is 1.26 bits per heavy atom. The van der Waals surface area contributed by atoms with Crippen molar-refractivity contribution in [2.24, 2.45) is 0 Å². The molecule has 2 rings (SSSR count). The highest BCUT2D eigenvalue weighted by Crippen LogP contribution is 2.24. The third-order valence-electron chi connectivity index (χ3n) is 3.24. The molecule has 1 N–H and O–H groups in total. The standard InChI is InChI=1S/C16H15FN2O3S/c1-11-3-6-15(22-2)16(7-11)23(20,21)19-10-13-8-12(9-18)4-5-14(13)17/h3-8,19H,10H2,1-2H3. The Hall–Kier alpha value is -2.43. The second-order valence-corrected chi connectivity index (χ2v) is 6.63. The monoisotopic (exact) mass is 334 g/mol. The molecule has 0 aliphatic rings. The van der Waals surface area contributed by atoms with Crippen LogP contribution in [0.5, 0.6) is 5.75 Å². The first-order valence-corrected chi connectivity index (χ1v) is 8.18. The molecule has 0 bridgehead atoms. The zero-order valence-corrected chi connectivity index (χ0v) is 13.4. The van der Waals surface area contributed by atoms with Crippen LogP contribution in [0.25, 0.3) is 0 Å². The fourth-order valence-electron chi connectivity index (χ4n) is 2.02. The van der Waals surface area contributed by atoms with Crippen molar-refractivity contribution >= 4 is 10.0 Å². The van der Waals surface area contributed by atoms with Crippen LogP contribution in [0, 0.1) is 24.1 Å². The summed E-state index contributed by atoms with van der Waals surface area (Å²) in [6.45, 7) is 1.50. The van der Waals surface area contributed by atoms with Gasteiger partial charge in [-0.1, -0.05) is 6.07 Å². The van der Waals surface area contributed by atoms with Crippen LogP contribution < -0.4 is 9.46 Å². The Bertz CT molecular complexity index is 873. The van der Waals surface area contributed by atoms with Gasteiger partial charge in [-0.25, -0.2) is 17.5 Å². The molecule has 0 heterocycles. The number of nitrogens with one attached hydrogen (secondary N) is 1. The van der Waals surface area contributed by atoms with E-state index >= 15 is 0 Å². The van der Waals surface area contributed by atoms with E-state index in [4.69, 9.17) is 10.00 Å². The van der Waals surface area contributed by atoms with Crippen LogP contribution in [0.2, 0.25) is 0 Å². The van der Waals surface area contributed by atoms with Crippen LogP contribution in [0.15, 0.2) is 41.3 Å². The number of nitrogens with zero attached hydrogens (tertiary/aromatic N) is 1. The van der Waals surface area contributed by atoms with Crippen LogP contribution in [0.1, 0.15) is 16.7 Å². The molecule has 0 aromatic heterocycles. The molecular formula is C16H15FN2O3S. The maximum atomic E-state index is 13.7. The van der Waals surface area contributed by atoms with Gasteiger partial charge in [-0.15, -0.1) is 0 Å². The summed E-state index contributed by atoms with van der Waals surface area (Å²) < 4.78 is 46.0. The minimum absolute atomic E-state index is 0.0168. The number of benzene rings is 2. The second-order valence-electron chi connectivity index (χ2n) is 4.90. The van der Waals surface area contributed by atoms with Crippen molar-refractivity contribution in [3.8, 4) is 11.8 Å². The maximum absolute atomic E-state index is 13.7. The van der Waals surface area contributed by atoms with Crippen molar-refractivity contribution < 1.29 is 17.5 Å². The quantitative estimate of drug-likeness (QED) is 0.911. The van der Waals surface area contributed by atoms with Crippen molar-refractivity contribution in [1.82, 2.24) is 4.72 Å². The first kappa shape index (κ1) is 16.9. The van der Waals surface area contributed by atoms with Crippen molar-refractivity contribution in [2.75, 3.05) is 7.11 Å². The van der Waals surface area contributed by atoms with Gasteiger partial charge in [0.05, 0.1) is 18.7 Å². The molecule has 5 nitrogen and oxygen atoms in total. The summed E-state index contributed by atoms with van der Waals surface area (Å²) in [5.74, 6) is -0.378. The van der Waals surface area contributed by atoms with E-state index < -0.39 is 15.8 Å². The Balaban J connectivity index is 2.30. The van der Waals surface area contributed by atoms with Crippen LogP contribution in [0.4, 0.5) is 4.39 Å². The fourth-order valence-corrected chi connectivity index (χ4v) is 3.28. The molecule has 0 saturated heterocycles. The SMILES string of the molecule is COc1ccc(C)cc1S(=O)(=O)NCc1cc(C#N)ccc1F. The first-order valence-electron chi connectivity index (χ1n) is 6.70. The molecule has 0 radical (unpaired) electrons. The molecule has 0 spiro atoms. The molecule has 0 fully saturated rings. The Morgan fingerprint density at radius 2 is 2.00 bits per heavy atom. The van der Waals surface area contributed by atoms with Crippen molar-refractivity contribution in [3.63, 3.8) is 0 Å². The van der Waals surface area contributed by atoms with E-state index in [1.165, 1.54) is 25.3 Å². The number of halogens is 1. The average molecular weight is 334 g/mol. The highest BCUT2D eigenvalue weighted by Gasteiger charge is 2.20. The number of nitriles is 1. The van der Waals surface area contributed by atoms with Gasteiger partial charge in [0.1, 0.15) is 16.5 Å². The van der Waals surface area contributed by atoms with Gasteiger partial charge in [0.2, 0.25) is 10.0 Å². The Morgan fingerprint density at radius 3 is 2.65 bits per heavy atom. The van der Waals surface area contributed by atoms with E-state index in [-0.39, 0.29) is 28.3 Å². The molecule has 23 heavy (non-hydrogen) atoms. The summed E-state index contributed by atoms with van der Waals surface area (Å²) in [7, 11) is -2.51. The molecule has 0 saturated carbocycles. The second kappa shape index (κ2) is 6.77. The smallest absolute Gasteiger partial charge is 0.244 e. The number of methoxy groups -OCH3 is 1. The third kappa shape index (κ3) is 3.86. The highest BCUT2D eigenvalue weighted by molar-refractivity contribution is 7.89. The van der Waals surface area contributed by atoms with Crippen molar-refractivity contribution in [3.05, 3.63) is 58.9 Å². The summed E-state index contributed by atoms with van der Waals surface area (Å²) in [4.78, 5) is -0.0168. The number of hydrogen-bond donors (Lipinski definition) is 1. The lowest BCUT2D eigenvalue weighted by Gasteiger charge is -2.12. The lowest BCUT2D eigenvalue weighted by Crippen LogP contribution is -2.24. The predicted molar refractivity (Wildman–Crippen MR) is 82.9 cm³/mol. The van der Waals surface area contributed by atoms with Crippen LogP contribution >= 0.6 is 0 Å². The first-order chi connectivity index (χ1) is 10.9. The summed E-state index contributed by atoms with van der Waals surface area (Å²) in [5.41, 5.74) is 1.11. The third-order valence-corrected chi connectivity index (χ3v) is 4.66. The molecule has 7 heteroatoms. The topological polar surface area (TPSA) is 79.2 Å². The summed E-state index contributed by atoms with van der Waals surface area (Å²) in [6, 6.07) is 10.4. The van der Waals surface area contributed by atoms with E-state index in [0.717, 1.165) is 11.6 Å². The van der Waals surface area contributed by atoms with Crippen molar-refractivity contribution in [1.29, 1.82) is 5.26 Å². The summed E-state index contributed by atoms with van der Waals surface area (Å²) in [6.07, 6.45) is 0. The maximum Gasteiger partial charge on any atom is 0.244 e. The van der Waals surface area contributed by atoms with Crippen LogP contribution in [-0.4, -0.2) is 15.5 Å². The molecule has 120 valence electrons. The van der Waals surface area contributed by atoms with Gasteiger partial charge in [-0.3, -0.25) is 0 Å². The summed E-state index contributed by atoms with van der Waals surface area (Å²) in [5, 5.41) is 8.83. The highest BCUT2D eigenvalue weighted by atomic mass is 32.2. The van der Waals surface area contributed by atoms with E-state index in [9.17, 15) is 12.8 Å². The molecule has 0 aliphatic heterocycles. The van der Waals surface area contributed by atoms with E-state index in [1.54, 1.807) is 19.1 Å². The molecule has 0 aliphatic carbocycles. The minimum atomic E-state index is -3.88. The van der Waals surface area contributed by atoms with Crippen LogP contribution in [0.3, 0.4) is 0 Å². The van der Waals surface area contributed by atoms with Gasteiger partial charge in [0, 0.05) is 12.1 Å². The van der Waals surface area contributed by atoms with Gasteiger partial charge in [-0.2, -0.15) is 5.26 Å². The summed E-state index contributed by atoms with van der Waals surface area (Å²) >= 11 is 0. The van der Waals surface area contributed by atoms with Gasteiger partial charge in [0.25, 0.3) is 0 Å². The van der Waals surface area contributed by atoms with E-state index in [1.807, 2.05) is 6.07 Å². The number of hydrogen-bond acceptors (Lipinski definition) is 4. The van der Waals surface area contributed by atoms with Gasteiger partial charge >= 0.3 is 0 Å². The largest absolute Gasteiger partial charge is 0.495 e. The molecule has 0 atom stereocenters. The Kier molecular flexibility index (Phi) is 4.98. The van der Waals surface area contributed by atoms with Gasteiger partial charge in [0.15, 0.2) is 0 Å². The molecule has 0 amide bonds. The zero-order chi connectivity index (χ0) is 17.0. The predicted octanol–water partition coefficient (Wildman–Crippen LogP) is 2.49. The molecule has 0 unspecified atom stereocenters. The molecule has 2 aromatic rings. The van der Waals surface area contributed by atoms with Crippen molar-refractivity contribution in [2.45, 2.75) is 18.4 Å². The lowest BCUT2D eigenvalue weighted by atomic mass is 10.1. The molecular weight excluding hydrogens is 319 g/mol. The average Bonchev–Trinajstić information content (AvgIpc) is 2.54. The number of sulfonamides is 1. The number of ether oxygens (including phenoxy) is 1. The Labute approximate surface area is 134 Å². The normalized spacial score (nSPS) is 11.0. The van der Waals surface area contributed by atoms with E-state index in [0.29, 0.717) is 0 Å². The fraction of sp³-hybridized carbons (Fsp3) is 0.188. The number of aryl methyl sites for hydroxylation is 1. The van der Waals surface area contributed by atoms with E-state index in [2.05, 4.69) is 4.72 Å². The number of rotatable bonds is 5. The van der Waals surface area contributed by atoms with Crippen LogP contribution in [-0.2, 0) is 16.6 Å². The molecule has 2 aromatic carbocycles. The van der Waals surface area contributed by atoms with Gasteiger partial charge < -0.3 is 4.74 Å².